The molecule has 1 aliphatic rings. The Hall–Kier alpha value is -1.72. The van der Waals surface area contributed by atoms with Gasteiger partial charge in [0.15, 0.2) is 0 Å². The van der Waals surface area contributed by atoms with Crippen LogP contribution in [-0.2, 0) is 17.4 Å². The number of amides is 1. The van der Waals surface area contributed by atoms with Gasteiger partial charge in [-0.3, -0.25) is 4.79 Å². The standard InChI is InChI=1S/C17H23F3N2O/c1-4-13-5-6-15(14(11-13)17(18,19)20)21-7-9-22(10-8-21)16(23)12(2)3/h5-6,11-12H,4,7-10H2,1-3H3. The fourth-order valence-electron chi connectivity index (χ4n) is 2.84. The molecular weight excluding hydrogens is 305 g/mol. The zero-order valence-corrected chi connectivity index (χ0v) is 13.8. The lowest BCUT2D eigenvalue weighted by Gasteiger charge is -2.38. The summed E-state index contributed by atoms with van der Waals surface area (Å²) in [5.41, 5.74) is 0.307. The topological polar surface area (TPSA) is 23.6 Å². The molecule has 3 nitrogen and oxygen atoms in total. The minimum Gasteiger partial charge on any atom is -0.367 e. The second-order valence-corrected chi connectivity index (χ2v) is 6.17. The van der Waals surface area contributed by atoms with Gasteiger partial charge >= 0.3 is 6.18 Å². The second-order valence-electron chi connectivity index (χ2n) is 6.17. The van der Waals surface area contributed by atoms with Crippen LogP contribution in [-0.4, -0.2) is 37.0 Å². The number of alkyl halides is 3. The Kier molecular flexibility index (Phi) is 5.22. The molecule has 1 amide bonds. The van der Waals surface area contributed by atoms with Crippen molar-refractivity contribution in [3.63, 3.8) is 0 Å². The molecule has 1 heterocycles. The molecule has 0 spiro atoms. The van der Waals surface area contributed by atoms with Crippen molar-refractivity contribution in [2.75, 3.05) is 31.1 Å². The summed E-state index contributed by atoms with van der Waals surface area (Å²) < 4.78 is 40.0. The van der Waals surface area contributed by atoms with Gasteiger partial charge in [-0.15, -0.1) is 0 Å². The van der Waals surface area contributed by atoms with E-state index >= 15 is 0 Å². The molecule has 2 rings (SSSR count). The van der Waals surface area contributed by atoms with Crippen LogP contribution in [0.5, 0.6) is 0 Å². The summed E-state index contributed by atoms with van der Waals surface area (Å²) in [7, 11) is 0. The molecule has 0 saturated carbocycles. The van der Waals surface area contributed by atoms with E-state index < -0.39 is 11.7 Å². The molecule has 1 aromatic carbocycles. The molecule has 1 aromatic rings. The summed E-state index contributed by atoms with van der Waals surface area (Å²) in [6, 6.07) is 4.54. The predicted molar refractivity (Wildman–Crippen MR) is 84.5 cm³/mol. The Morgan fingerprint density at radius 1 is 1.17 bits per heavy atom. The lowest BCUT2D eigenvalue weighted by molar-refractivity contribution is -0.138. The van der Waals surface area contributed by atoms with Crippen molar-refractivity contribution in [2.45, 2.75) is 33.4 Å². The number of halogens is 3. The minimum atomic E-state index is -4.37. The third-order valence-corrected chi connectivity index (χ3v) is 4.20. The van der Waals surface area contributed by atoms with Crippen LogP contribution in [0.4, 0.5) is 18.9 Å². The molecule has 0 radical (unpaired) electrons. The van der Waals surface area contributed by atoms with Gasteiger partial charge in [-0.1, -0.05) is 26.8 Å². The van der Waals surface area contributed by atoms with Crippen LogP contribution in [0, 0.1) is 5.92 Å². The molecular formula is C17H23F3N2O. The van der Waals surface area contributed by atoms with Gasteiger partial charge in [0.2, 0.25) is 5.91 Å². The molecule has 0 aromatic heterocycles. The average molecular weight is 328 g/mol. The van der Waals surface area contributed by atoms with Crippen molar-refractivity contribution >= 4 is 11.6 Å². The molecule has 1 saturated heterocycles. The van der Waals surface area contributed by atoms with Crippen molar-refractivity contribution in [3.8, 4) is 0 Å². The van der Waals surface area contributed by atoms with Crippen molar-refractivity contribution in [1.29, 1.82) is 0 Å². The van der Waals surface area contributed by atoms with Gasteiger partial charge in [0.25, 0.3) is 0 Å². The van der Waals surface area contributed by atoms with Crippen molar-refractivity contribution < 1.29 is 18.0 Å². The van der Waals surface area contributed by atoms with E-state index in [0.717, 1.165) is 0 Å². The number of piperazine rings is 1. The summed E-state index contributed by atoms with van der Waals surface area (Å²) in [6.45, 7) is 7.28. The largest absolute Gasteiger partial charge is 0.418 e. The highest BCUT2D eigenvalue weighted by atomic mass is 19.4. The number of aryl methyl sites for hydroxylation is 1. The highest BCUT2D eigenvalue weighted by Gasteiger charge is 2.36. The van der Waals surface area contributed by atoms with Crippen LogP contribution >= 0.6 is 0 Å². The average Bonchev–Trinajstić information content (AvgIpc) is 2.52. The Balaban J connectivity index is 2.19. The first-order chi connectivity index (χ1) is 10.7. The number of carbonyl (C=O) groups excluding carboxylic acids is 1. The highest BCUT2D eigenvalue weighted by molar-refractivity contribution is 5.78. The maximum Gasteiger partial charge on any atom is 0.418 e. The van der Waals surface area contributed by atoms with Crippen molar-refractivity contribution in [3.05, 3.63) is 29.3 Å². The Morgan fingerprint density at radius 2 is 1.78 bits per heavy atom. The summed E-state index contributed by atoms with van der Waals surface area (Å²) in [5, 5.41) is 0. The number of hydrogen-bond donors (Lipinski definition) is 0. The fraction of sp³-hybridized carbons (Fsp3) is 0.588. The lowest BCUT2D eigenvalue weighted by atomic mass is 10.0. The maximum atomic E-state index is 13.3. The molecule has 23 heavy (non-hydrogen) atoms. The monoisotopic (exact) mass is 328 g/mol. The van der Waals surface area contributed by atoms with Gasteiger partial charge in [0.05, 0.1) is 5.56 Å². The Bertz CT molecular complexity index is 561. The van der Waals surface area contributed by atoms with E-state index in [4.69, 9.17) is 0 Å². The minimum absolute atomic E-state index is 0.0574. The van der Waals surface area contributed by atoms with Crippen LogP contribution in [0.1, 0.15) is 31.9 Å². The quantitative estimate of drug-likeness (QED) is 0.847. The van der Waals surface area contributed by atoms with Crippen LogP contribution < -0.4 is 4.90 Å². The van der Waals surface area contributed by atoms with Gasteiger partial charge in [0, 0.05) is 37.8 Å². The lowest BCUT2D eigenvalue weighted by Crippen LogP contribution is -2.50. The highest BCUT2D eigenvalue weighted by Crippen LogP contribution is 2.37. The zero-order chi connectivity index (χ0) is 17.2. The second kappa shape index (κ2) is 6.81. The van der Waals surface area contributed by atoms with E-state index in [-0.39, 0.29) is 17.5 Å². The van der Waals surface area contributed by atoms with Gasteiger partial charge in [0.1, 0.15) is 0 Å². The van der Waals surface area contributed by atoms with Crippen LogP contribution in [0.25, 0.3) is 0 Å². The van der Waals surface area contributed by atoms with E-state index in [1.807, 2.05) is 20.8 Å². The zero-order valence-electron chi connectivity index (χ0n) is 13.8. The van der Waals surface area contributed by atoms with E-state index in [2.05, 4.69) is 0 Å². The molecule has 0 atom stereocenters. The summed E-state index contributed by atoms with van der Waals surface area (Å²) in [5.74, 6) is -0.0295. The number of benzene rings is 1. The third-order valence-electron chi connectivity index (χ3n) is 4.20. The molecule has 0 unspecified atom stereocenters. The normalized spacial score (nSPS) is 16.1. The third kappa shape index (κ3) is 3.98. The molecule has 6 heteroatoms. The molecule has 0 bridgehead atoms. The van der Waals surface area contributed by atoms with Gasteiger partial charge in [-0.05, 0) is 24.1 Å². The van der Waals surface area contributed by atoms with Crippen LogP contribution in [0.15, 0.2) is 18.2 Å². The molecule has 0 aliphatic carbocycles. The van der Waals surface area contributed by atoms with E-state index in [0.29, 0.717) is 38.2 Å². The summed E-state index contributed by atoms with van der Waals surface area (Å²) >= 11 is 0. The van der Waals surface area contributed by atoms with Gasteiger partial charge in [-0.25, -0.2) is 0 Å². The molecule has 128 valence electrons. The first-order valence-electron chi connectivity index (χ1n) is 7.98. The van der Waals surface area contributed by atoms with Crippen LogP contribution in [0.2, 0.25) is 0 Å². The molecule has 1 aliphatic heterocycles. The van der Waals surface area contributed by atoms with Gasteiger partial charge < -0.3 is 9.80 Å². The fourth-order valence-corrected chi connectivity index (χ4v) is 2.84. The van der Waals surface area contributed by atoms with E-state index in [1.54, 1.807) is 21.9 Å². The summed E-state index contributed by atoms with van der Waals surface area (Å²) in [6.07, 6.45) is -3.80. The predicted octanol–water partition coefficient (Wildman–Crippen LogP) is 3.57. The summed E-state index contributed by atoms with van der Waals surface area (Å²) in [4.78, 5) is 15.4. The van der Waals surface area contributed by atoms with E-state index in [1.165, 1.54) is 6.07 Å². The van der Waals surface area contributed by atoms with Gasteiger partial charge in [-0.2, -0.15) is 13.2 Å². The van der Waals surface area contributed by atoms with Crippen LogP contribution in [0.3, 0.4) is 0 Å². The first-order valence-corrected chi connectivity index (χ1v) is 7.98. The van der Waals surface area contributed by atoms with Crippen molar-refractivity contribution in [2.24, 2.45) is 5.92 Å². The maximum absolute atomic E-state index is 13.3. The Morgan fingerprint density at radius 3 is 2.26 bits per heavy atom. The number of hydrogen-bond acceptors (Lipinski definition) is 2. The number of anilines is 1. The first kappa shape index (κ1) is 17.6. The number of rotatable bonds is 3. The van der Waals surface area contributed by atoms with Crippen molar-refractivity contribution in [1.82, 2.24) is 4.90 Å². The van der Waals surface area contributed by atoms with E-state index in [9.17, 15) is 18.0 Å². The Labute approximate surface area is 135 Å². The molecule has 0 N–H and O–H groups in total. The SMILES string of the molecule is CCc1ccc(N2CCN(C(=O)C(C)C)CC2)c(C(F)(F)F)c1. The number of nitrogens with zero attached hydrogens (tertiary/aromatic N) is 2. The smallest absolute Gasteiger partial charge is 0.367 e. The molecule has 1 fully saturated rings. The number of carbonyl (C=O) groups is 1.